The van der Waals surface area contributed by atoms with Gasteiger partial charge in [0.1, 0.15) is 11.5 Å². The lowest BCUT2D eigenvalue weighted by atomic mass is 9.99. The second-order valence-electron chi connectivity index (χ2n) is 6.30. The number of para-hydroxylation sites is 1. The minimum Gasteiger partial charge on any atom is -0.493 e. The summed E-state index contributed by atoms with van der Waals surface area (Å²) >= 11 is 0. The van der Waals surface area contributed by atoms with Gasteiger partial charge in [0.05, 0.1) is 18.8 Å². The number of benzene rings is 1. The highest BCUT2D eigenvalue weighted by Gasteiger charge is 2.19. The van der Waals surface area contributed by atoms with Crippen LogP contribution in [0.2, 0.25) is 0 Å². The van der Waals surface area contributed by atoms with E-state index in [9.17, 15) is 0 Å². The molecule has 3 aromatic rings. The first-order valence-electron chi connectivity index (χ1n) is 8.23. The Kier molecular flexibility index (Phi) is 4.62. The maximum Gasteiger partial charge on any atom is 0.176 e. The van der Waals surface area contributed by atoms with Gasteiger partial charge in [0.25, 0.3) is 0 Å². The minimum absolute atomic E-state index is 0.102. The van der Waals surface area contributed by atoms with Crippen molar-refractivity contribution >= 4 is 11.0 Å². The van der Waals surface area contributed by atoms with Crippen molar-refractivity contribution in [2.45, 2.75) is 39.7 Å². The van der Waals surface area contributed by atoms with Gasteiger partial charge in [-0.3, -0.25) is 0 Å². The molecule has 2 atom stereocenters. The largest absolute Gasteiger partial charge is 0.493 e. The van der Waals surface area contributed by atoms with Gasteiger partial charge in [-0.1, -0.05) is 24.2 Å². The van der Waals surface area contributed by atoms with Crippen LogP contribution < -0.4 is 10.1 Å². The van der Waals surface area contributed by atoms with Gasteiger partial charge in [0, 0.05) is 17.5 Å². The maximum atomic E-state index is 6.00. The van der Waals surface area contributed by atoms with E-state index in [-0.39, 0.29) is 6.04 Å². The lowest BCUT2D eigenvalue weighted by Crippen LogP contribution is -2.23. The summed E-state index contributed by atoms with van der Waals surface area (Å²) < 4.78 is 16.6. The van der Waals surface area contributed by atoms with E-state index in [2.05, 4.69) is 30.4 Å². The molecular weight excluding hydrogens is 304 g/mol. The van der Waals surface area contributed by atoms with Crippen molar-refractivity contribution in [1.29, 1.82) is 0 Å². The van der Waals surface area contributed by atoms with Crippen molar-refractivity contribution in [2.24, 2.45) is 0 Å². The second kappa shape index (κ2) is 6.69. The van der Waals surface area contributed by atoms with Crippen LogP contribution >= 0.6 is 0 Å². The summed E-state index contributed by atoms with van der Waals surface area (Å²) in [6.07, 6.45) is 0. The molecule has 1 aromatic carbocycles. The molecule has 0 saturated heterocycles. The third kappa shape index (κ3) is 3.04. The topological polar surface area (TPSA) is 60.4 Å². The van der Waals surface area contributed by atoms with Crippen molar-refractivity contribution in [3.8, 4) is 5.75 Å². The Morgan fingerprint density at radius 3 is 2.71 bits per heavy atom. The van der Waals surface area contributed by atoms with Gasteiger partial charge in [-0.2, -0.15) is 0 Å². The molecule has 0 saturated carbocycles. The molecule has 0 aliphatic carbocycles. The predicted octanol–water partition coefficient (Wildman–Crippen LogP) is 4.50. The van der Waals surface area contributed by atoms with Crippen LogP contribution in [0.4, 0.5) is 0 Å². The van der Waals surface area contributed by atoms with Crippen LogP contribution in [0.25, 0.3) is 11.0 Å². The van der Waals surface area contributed by atoms with Gasteiger partial charge < -0.3 is 19.0 Å². The number of fused-ring (bicyclic) bond motifs is 1. The second-order valence-corrected chi connectivity index (χ2v) is 6.30. The normalized spacial score (nSPS) is 14.0. The molecular formula is C19H24N2O3. The number of hydrogen-bond acceptors (Lipinski definition) is 5. The van der Waals surface area contributed by atoms with Crippen LogP contribution in [0.5, 0.6) is 5.75 Å². The first-order chi connectivity index (χ1) is 11.5. The van der Waals surface area contributed by atoms with Gasteiger partial charge in [-0.15, -0.1) is 0 Å². The average Bonchev–Trinajstić information content (AvgIpc) is 3.15. The number of aromatic nitrogens is 1. The molecule has 2 heterocycles. The van der Waals surface area contributed by atoms with Crippen LogP contribution in [-0.4, -0.2) is 18.8 Å². The third-order valence-corrected chi connectivity index (χ3v) is 4.49. The molecule has 2 unspecified atom stereocenters. The summed E-state index contributed by atoms with van der Waals surface area (Å²) in [5.41, 5.74) is 2.94. The lowest BCUT2D eigenvalue weighted by Gasteiger charge is -2.16. The van der Waals surface area contributed by atoms with Crippen LogP contribution in [0.1, 0.15) is 48.6 Å². The number of ether oxygens (including phenoxy) is 1. The minimum atomic E-state index is 0.102. The van der Waals surface area contributed by atoms with Crippen molar-refractivity contribution < 1.29 is 13.7 Å². The van der Waals surface area contributed by atoms with E-state index in [1.54, 1.807) is 7.11 Å². The number of hydrogen-bond donors (Lipinski definition) is 1. The van der Waals surface area contributed by atoms with Gasteiger partial charge in [0.15, 0.2) is 11.3 Å². The van der Waals surface area contributed by atoms with Gasteiger partial charge in [-0.05, 0) is 38.8 Å². The summed E-state index contributed by atoms with van der Waals surface area (Å²) in [7, 11) is 1.66. The summed E-state index contributed by atoms with van der Waals surface area (Å²) in [5.74, 6) is 2.87. The zero-order valence-electron chi connectivity index (χ0n) is 14.8. The maximum absolute atomic E-state index is 6.00. The number of rotatable bonds is 6. The van der Waals surface area contributed by atoms with Crippen LogP contribution in [0, 0.1) is 13.8 Å². The Morgan fingerprint density at radius 1 is 1.25 bits per heavy atom. The Labute approximate surface area is 142 Å². The Morgan fingerprint density at radius 2 is 2.04 bits per heavy atom. The quantitative estimate of drug-likeness (QED) is 0.722. The van der Waals surface area contributed by atoms with Crippen molar-refractivity contribution in [2.75, 3.05) is 13.7 Å². The highest BCUT2D eigenvalue weighted by Crippen LogP contribution is 2.31. The van der Waals surface area contributed by atoms with Crippen molar-refractivity contribution in [3.63, 3.8) is 0 Å². The Balaban J connectivity index is 1.72. The fourth-order valence-electron chi connectivity index (χ4n) is 3.18. The van der Waals surface area contributed by atoms with Gasteiger partial charge >= 0.3 is 0 Å². The molecule has 2 aromatic heterocycles. The first-order valence-corrected chi connectivity index (χ1v) is 8.23. The number of methoxy groups -OCH3 is 1. The standard InChI is InChI=1S/C19H24N2O3/c1-11(18-13(3)21-24-14(18)4)10-20-12(2)17-9-15-7-6-8-16(22-5)19(15)23-17/h6-9,11-12,20H,10H2,1-5H3. The average molecular weight is 328 g/mol. The zero-order chi connectivity index (χ0) is 17.3. The molecule has 0 aliphatic rings. The van der Waals surface area contributed by atoms with Gasteiger partial charge in [0.2, 0.25) is 0 Å². The summed E-state index contributed by atoms with van der Waals surface area (Å²) in [4.78, 5) is 0. The smallest absolute Gasteiger partial charge is 0.176 e. The van der Waals surface area contributed by atoms with E-state index < -0.39 is 0 Å². The molecule has 1 N–H and O–H groups in total. The monoisotopic (exact) mass is 328 g/mol. The molecule has 0 spiro atoms. The van der Waals surface area contributed by atoms with Crippen molar-refractivity contribution in [1.82, 2.24) is 10.5 Å². The molecule has 128 valence electrons. The molecule has 0 bridgehead atoms. The molecule has 0 amide bonds. The van der Waals surface area contributed by atoms with E-state index in [0.29, 0.717) is 5.92 Å². The van der Waals surface area contributed by atoms with E-state index in [4.69, 9.17) is 13.7 Å². The van der Waals surface area contributed by atoms with E-state index >= 15 is 0 Å². The zero-order valence-corrected chi connectivity index (χ0v) is 14.8. The van der Waals surface area contributed by atoms with E-state index in [0.717, 1.165) is 40.5 Å². The SMILES string of the molecule is COc1cccc2cc(C(C)NCC(C)c3c(C)noc3C)oc12. The molecule has 0 radical (unpaired) electrons. The van der Waals surface area contributed by atoms with E-state index in [1.165, 1.54) is 5.56 Å². The van der Waals surface area contributed by atoms with Crippen LogP contribution in [-0.2, 0) is 0 Å². The highest BCUT2D eigenvalue weighted by atomic mass is 16.5. The number of aryl methyl sites for hydroxylation is 2. The molecule has 5 heteroatoms. The molecule has 24 heavy (non-hydrogen) atoms. The number of nitrogens with zero attached hydrogens (tertiary/aromatic N) is 1. The van der Waals surface area contributed by atoms with Crippen LogP contribution in [0.15, 0.2) is 33.2 Å². The fraction of sp³-hybridized carbons (Fsp3) is 0.421. The Hall–Kier alpha value is -2.27. The predicted molar refractivity (Wildman–Crippen MR) is 93.6 cm³/mol. The lowest BCUT2D eigenvalue weighted by molar-refractivity contribution is 0.389. The van der Waals surface area contributed by atoms with Crippen molar-refractivity contribution in [3.05, 3.63) is 47.0 Å². The summed E-state index contributed by atoms with van der Waals surface area (Å²) in [5, 5.41) is 8.62. The van der Waals surface area contributed by atoms with Gasteiger partial charge in [-0.25, -0.2) is 0 Å². The third-order valence-electron chi connectivity index (χ3n) is 4.49. The Bertz CT molecular complexity index is 815. The number of nitrogens with one attached hydrogen (secondary N) is 1. The number of furan rings is 1. The molecule has 5 nitrogen and oxygen atoms in total. The molecule has 0 aliphatic heterocycles. The first kappa shape index (κ1) is 16.6. The summed E-state index contributed by atoms with van der Waals surface area (Å²) in [6, 6.07) is 8.08. The van der Waals surface area contributed by atoms with Crippen LogP contribution in [0.3, 0.4) is 0 Å². The molecule has 0 fully saturated rings. The fourth-order valence-corrected chi connectivity index (χ4v) is 3.18. The summed E-state index contributed by atoms with van der Waals surface area (Å²) in [6.45, 7) is 9.04. The highest BCUT2D eigenvalue weighted by molar-refractivity contribution is 5.83. The molecule has 3 rings (SSSR count). The van der Waals surface area contributed by atoms with E-state index in [1.807, 2.05) is 32.0 Å².